The Morgan fingerprint density at radius 3 is 1.50 bits per heavy atom. The molecule has 12 heavy (non-hydrogen) atoms. The van der Waals surface area contributed by atoms with E-state index in [4.69, 9.17) is 0 Å². The van der Waals surface area contributed by atoms with Gasteiger partial charge in [0.2, 0.25) is 0 Å². The van der Waals surface area contributed by atoms with Crippen molar-refractivity contribution in [2.45, 2.75) is 3.41 Å². The molecular weight excluding hydrogens is 210 g/mol. The van der Waals surface area contributed by atoms with Crippen LogP contribution in [0, 0.1) is 0 Å². The predicted octanol–water partition coefficient (Wildman–Crippen LogP) is 1.82. The standard InChI is InChI=1S/C7H15NOS3/c1-8(2)6(9)7(10-3,11-4)12-5/h1-5H3. The van der Waals surface area contributed by atoms with Crippen molar-refractivity contribution in [3.8, 4) is 0 Å². The Morgan fingerprint density at radius 2 is 1.42 bits per heavy atom. The van der Waals surface area contributed by atoms with E-state index in [1.807, 2.05) is 18.8 Å². The van der Waals surface area contributed by atoms with Gasteiger partial charge in [-0.15, -0.1) is 35.3 Å². The highest BCUT2D eigenvalue weighted by Crippen LogP contribution is 2.44. The van der Waals surface area contributed by atoms with Crippen LogP contribution < -0.4 is 0 Å². The van der Waals surface area contributed by atoms with Crippen LogP contribution in [0.25, 0.3) is 0 Å². The second kappa shape index (κ2) is 5.29. The number of thioether (sulfide) groups is 3. The lowest BCUT2D eigenvalue weighted by Gasteiger charge is -2.29. The average Bonchev–Trinajstić information content (AvgIpc) is 2.08. The van der Waals surface area contributed by atoms with Crippen molar-refractivity contribution in [2.24, 2.45) is 0 Å². The van der Waals surface area contributed by atoms with Crippen LogP contribution in [-0.4, -0.2) is 47.1 Å². The summed E-state index contributed by atoms with van der Waals surface area (Å²) in [5, 5.41) is 0. The lowest BCUT2D eigenvalue weighted by molar-refractivity contribution is -0.127. The van der Waals surface area contributed by atoms with Crippen LogP contribution in [0.4, 0.5) is 0 Å². The zero-order valence-corrected chi connectivity index (χ0v) is 10.5. The zero-order chi connectivity index (χ0) is 9.78. The molecule has 0 saturated carbocycles. The van der Waals surface area contributed by atoms with Crippen LogP contribution >= 0.6 is 35.3 Å². The van der Waals surface area contributed by atoms with E-state index in [9.17, 15) is 4.79 Å². The fourth-order valence-corrected chi connectivity index (χ4v) is 3.86. The summed E-state index contributed by atoms with van der Waals surface area (Å²) in [6, 6.07) is 0. The van der Waals surface area contributed by atoms with Gasteiger partial charge in [-0.1, -0.05) is 0 Å². The highest BCUT2D eigenvalue weighted by atomic mass is 32.3. The highest BCUT2D eigenvalue weighted by molar-refractivity contribution is 8.34. The highest BCUT2D eigenvalue weighted by Gasteiger charge is 2.37. The van der Waals surface area contributed by atoms with E-state index < -0.39 is 0 Å². The van der Waals surface area contributed by atoms with Crippen molar-refractivity contribution in [3.05, 3.63) is 0 Å². The van der Waals surface area contributed by atoms with Gasteiger partial charge >= 0.3 is 0 Å². The first kappa shape index (κ1) is 12.5. The molecular formula is C7H15NOS3. The molecule has 2 nitrogen and oxygen atoms in total. The molecule has 0 fully saturated rings. The second-order valence-corrected chi connectivity index (χ2v) is 6.21. The van der Waals surface area contributed by atoms with E-state index in [1.165, 1.54) is 0 Å². The Labute approximate surface area is 87.2 Å². The summed E-state index contributed by atoms with van der Waals surface area (Å²) in [6.45, 7) is 0. The first-order valence-electron chi connectivity index (χ1n) is 3.41. The summed E-state index contributed by atoms with van der Waals surface area (Å²) >= 11 is 4.77. The summed E-state index contributed by atoms with van der Waals surface area (Å²) in [6.07, 6.45) is 5.90. The lowest BCUT2D eigenvalue weighted by atomic mass is 10.6. The SMILES string of the molecule is CSC(SC)(SC)C(=O)N(C)C. The normalized spacial score (nSPS) is 11.4. The second-order valence-electron chi connectivity index (χ2n) is 2.37. The number of carbonyl (C=O) groups is 1. The summed E-state index contributed by atoms with van der Waals surface area (Å²) in [4.78, 5) is 13.4. The third kappa shape index (κ3) is 2.50. The van der Waals surface area contributed by atoms with Crippen LogP contribution in [0.15, 0.2) is 0 Å². The molecule has 0 aromatic carbocycles. The smallest absolute Gasteiger partial charge is 0.258 e. The minimum Gasteiger partial charge on any atom is -0.346 e. The maximum atomic E-state index is 11.7. The van der Waals surface area contributed by atoms with E-state index in [2.05, 4.69) is 0 Å². The quantitative estimate of drug-likeness (QED) is 0.680. The molecule has 0 unspecified atom stereocenters. The summed E-state index contributed by atoms with van der Waals surface area (Å²) in [5.41, 5.74) is 0. The summed E-state index contributed by atoms with van der Waals surface area (Å²) < 4.78 is -0.358. The van der Waals surface area contributed by atoms with E-state index in [-0.39, 0.29) is 9.32 Å². The number of hydrogen-bond acceptors (Lipinski definition) is 4. The van der Waals surface area contributed by atoms with Gasteiger partial charge in [0.15, 0.2) is 3.41 Å². The zero-order valence-electron chi connectivity index (χ0n) is 8.08. The van der Waals surface area contributed by atoms with Gasteiger partial charge in [-0.2, -0.15) is 0 Å². The van der Waals surface area contributed by atoms with Crippen LogP contribution in [0.3, 0.4) is 0 Å². The molecule has 0 atom stereocenters. The third-order valence-electron chi connectivity index (χ3n) is 1.47. The monoisotopic (exact) mass is 225 g/mol. The van der Waals surface area contributed by atoms with Crippen molar-refractivity contribution in [1.29, 1.82) is 0 Å². The van der Waals surface area contributed by atoms with Crippen LogP contribution in [0.5, 0.6) is 0 Å². The molecule has 0 N–H and O–H groups in total. The van der Waals surface area contributed by atoms with Crippen molar-refractivity contribution >= 4 is 41.2 Å². The summed E-state index contributed by atoms with van der Waals surface area (Å²) in [5.74, 6) is 0.162. The van der Waals surface area contributed by atoms with Gasteiger partial charge in [-0.05, 0) is 18.8 Å². The van der Waals surface area contributed by atoms with Crippen LogP contribution in [-0.2, 0) is 4.79 Å². The Balaban J connectivity index is 4.59. The van der Waals surface area contributed by atoms with Crippen LogP contribution in [0.2, 0.25) is 0 Å². The van der Waals surface area contributed by atoms with Crippen molar-refractivity contribution < 1.29 is 4.79 Å². The number of rotatable bonds is 4. The molecule has 0 bridgehead atoms. The van der Waals surface area contributed by atoms with Crippen molar-refractivity contribution in [1.82, 2.24) is 4.90 Å². The van der Waals surface area contributed by atoms with Gasteiger partial charge in [0, 0.05) is 14.1 Å². The van der Waals surface area contributed by atoms with Gasteiger partial charge < -0.3 is 4.90 Å². The van der Waals surface area contributed by atoms with Gasteiger partial charge in [0.25, 0.3) is 5.91 Å². The van der Waals surface area contributed by atoms with E-state index in [0.29, 0.717) is 0 Å². The number of amides is 1. The first-order valence-corrected chi connectivity index (χ1v) is 7.08. The topological polar surface area (TPSA) is 20.3 Å². The number of carbonyl (C=O) groups excluding carboxylic acids is 1. The first-order chi connectivity index (χ1) is 5.54. The minimum atomic E-state index is -0.358. The maximum absolute atomic E-state index is 11.7. The number of nitrogens with zero attached hydrogens (tertiary/aromatic N) is 1. The van der Waals surface area contributed by atoms with Crippen LogP contribution in [0.1, 0.15) is 0 Å². The molecule has 1 amide bonds. The lowest BCUT2D eigenvalue weighted by Crippen LogP contribution is -2.38. The minimum absolute atomic E-state index is 0.162. The molecule has 0 aliphatic carbocycles. The Morgan fingerprint density at radius 1 is 1.08 bits per heavy atom. The fourth-order valence-electron chi connectivity index (χ4n) is 0.786. The molecule has 0 aliphatic rings. The molecule has 0 spiro atoms. The largest absolute Gasteiger partial charge is 0.346 e. The molecule has 0 heterocycles. The summed E-state index contributed by atoms with van der Waals surface area (Å²) in [7, 11) is 3.58. The fraction of sp³-hybridized carbons (Fsp3) is 0.857. The van der Waals surface area contributed by atoms with E-state index in [1.54, 1.807) is 54.3 Å². The van der Waals surface area contributed by atoms with Gasteiger partial charge in [0.1, 0.15) is 0 Å². The molecule has 0 aliphatic heterocycles. The van der Waals surface area contributed by atoms with E-state index >= 15 is 0 Å². The van der Waals surface area contributed by atoms with Gasteiger partial charge in [0.05, 0.1) is 0 Å². The molecule has 0 aromatic rings. The molecule has 0 saturated heterocycles. The molecule has 0 aromatic heterocycles. The van der Waals surface area contributed by atoms with E-state index in [0.717, 1.165) is 0 Å². The predicted molar refractivity (Wildman–Crippen MR) is 62.0 cm³/mol. The Hall–Kier alpha value is 0.520. The Kier molecular flexibility index (Phi) is 5.52. The van der Waals surface area contributed by atoms with Crippen molar-refractivity contribution in [2.75, 3.05) is 32.9 Å². The van der Waals surface area contributed by atoms with Crippen molar-refractivity contribution in [3.63, 3.8) is 0 Å². The third-order valence-corrected chi connectivity index (χ3v) is 6.61. The molecule has 0 rings (SSSR count). The number of hydrogen-bond donors (Lipinski definition) is 0. The molecule has 5 heteroatoms. The Bertz CT molecular complexity index is 148. The maximum Gasteiger partial charge on any atom is 0.258 e. The van der Waals surface area contributed by atoms with Gasteiger partial charge in [-0.3, -0.25) is 4.79 Å². The molecule has 0 radical (unpaired) electrons. The average molecular weight is 225 g/mol. The van der Waals surface area contributed by atoms with Gasteiger partial charge in [-0.25, -0.2) is 0 Å². The molecule has 72 valence electrons.